The Morgan fingerprint density at radius 2 is 2.00 bits per heavy atom. The molecule has 0 fully saturated rings. The van der Waals surface area contributed by atoms with Crippen LogP contribution in [0.15, 0.2) is 66.5 Å². The second-order valence-corrected chi connectivity index (χ2v) is 3.38. The summed E-state index contributed by atoms with van der Waals surface area (Å²) in [6, 6.07) is 9.33. The molecule has 0 spiro atoms. The van der Waals surface area contributed by atoms with Gasteiger partial charge in [-0.2, -0.15) is 0 Å². The minimum atomic E-state index is -0.159. The van der Waals surface area contributed by atoms with E-state index in [0.717, 1.165) is 5.69 Å². The second-order valence-electron chi connectivity index (χ2n) is 3.38. The van der Waals surface area contributed by atoms with E-state index in [-0.39, 0.29) is 5.91 Å². The maximum absolute atomic E-state index is 11.9. The molecular weight excluding hydrogens is 200 g/mol. The quantitative estimate of drug-likeness (QED) is 0.789. The van der Waals surface area contributed by atoms with E-state index in [4.69, 9.17) is 0 Å². The van der Waals surface area contributed by atoms with Gasteiger partial charge in [0.25, 0.3) is 5.91 Å². The Morgan fingerprint density at radius 1 is 1.25 bits per heavy atom. The minimum Gasteiger partial charge on any atom is -0.362 e. The Bertz CT molecular complexity index is 472. The van der Waals surface area contributed by atoms with Crippen LogP contribution < -0.4 is 10.6 Å². The van der Waals surface area contributed by atoms with Gasteiger partial charge in [0, 0.05) is 17.6 Å². The fourth-order valence-electron chi connectivity index (χ4n) is 1.40. The number of benzene rings is 1. The highest BCUT2D eigenvalue weighted by Crippen LogP contribution is 2.13. The largest absolute Gasteiger partial charge is 0.362 e. The third-order valence-corrected chi connectivity index (χ3v) is 2.22. The highest BCUT2D eigenvalue weighted by atomic mass is 16.1. The number of carbonyl (C=O) groups excluding carboxylic acids is 1. The number of amides is 1. The first-order chi connectivity index (χ1) is 7.77. The number of hydrogen-bond donors (Lipinski definition) is 2. The molecule has 0 atom stereocenters. The summed E-state index contributed by atoms with van der Waals surface area (Å²) in [7, 11) is 0. The number of hydrogen-bond acceptors (Lipinski definition) is 2. The van der Waals surface area contributed by atoms with Crippen molar-refractivity contribution in [1.82, 2.24) is 5.32 Å². The van der Waals surface area contributed by atoms with Gasteiger partial charge in [-0.05, 0) is 24.3 Å². The maximum atomic E-state index is 11.9. The zero-order chi connectivity index (χ0) is 11.4. The normalized spacial score (nSPS) is 14.0. The molecule has 1 aliphatic heterocycles. The van der Waals surface area contributed by atoms with Gasteiger partial charge < -0.3 is 10.6 Å². The molecule has 0 aromatic heterocycles. The van der Waals surface area contributed by atoms with Gasteiger partial charge in [0.1, 0.15) is 0 Å². The molecule has 0 unspecified atom stereocenters. The van der Waals surface area contributed by atoms with Crippen LogP contribution in [-0.2, 0) is 4.79 Å². The van der Waals surface area contributed by atoms with Crippen LogP contribution in [0.25, 0.3) is 0 Å². The smallest absolute Gasteiger partial charge is 0.257 e. The van der Waals surface area contributed by atoms with Crippen LogP contribution in [0, 0.1) is 0 Å². The van der Waals surface area contributed by atoms with Gasteiger partial charge in [0.2, 0.25) is 0 Å². The molecule has 2 N–H and O–H groups in total. The molecule has 0 radical (unpaired) electrons. The van der Waals surface area contributed by atoms with Crippen molar-refractivity contribution < 1.29 is 4.79 Å². The number of allylic oxidation sites excluding steroid dienone is 2. The van der Waals surface area contributed by atoms with Crippen LogP contribution in [0.2, 0.25) is 0 Å². The first-order valence-electron chi connectivity index (χ1n) is 4.96. The summed E-state index contributed by atoms with van der Waals surface area (Å²) >= 11 is 0. The first kappa shape index (κ1) is 10.2. The fourth-order valence-corrected chi connectivity index (χ4v) is 1.40. The molecule has 3 nitrogen and oxygen atoms in total. The molecule has 80 valence electrons. The van der Waals surface area contributed by atoms with Gasteiger partial charge in [0.15, 0.2) is 0 Å². The summed E-state index contributed by atoms with van der Waals surface area (Å²) in [6.07, 6.45) is 5.24. The van der Waals surface area contributed by atoms with Crippen molar-refractivity contribution in [2.75, 3.05) is 5.32 Å². The molecule has 0 saturated heterocycles. The predicted molar refractivity (Wildman–Crippen MR) is 64.6 cm³/mol. The second kappa shape index (κ2) is 4.49. The summed E-state index contributed by atoms with van der Waals surface area (Å²) in [5, 5.41) is 5.69. The molecule has 3 heteroatoms. The van der Waals surface area contributed by atoms with E-state index in [1.165, 1.54) is 0 Å². The number of rotatable bonds is 2. The average molecular weight is 212 g/mol. The Hall–Kier alpha value is -2.29. The van der Waals surface area contributed by atoms with E-state index < -0.39 is 0 Å². The van der Waals surface area contributed by atoms with Crippen LogP contribution in [0.4, 0.5) is 5.69 Å². The molecule has 0 saturated carbocycles. The van der Waals surface area contributed by atoms with Crippen molar-refractivity contribution in [3.8, 4) is 0 Å². The summed E-state index contributed by atoms with van der Waals surface area (Å²) in [4.78, 5) is 11.9. The van der Waals surface area contributed by atoms with Crippen molar-refractivity contribution >= 4 is 11.6 Å². The SMILES string of the molecule is C=C1NC=CC=C1C(=O)Nc1ccccc1. The lowest BCUT2D eigenvalue weighted by Crippen LogP contribution is -2.21. The van der Waals surface area contributed by atoms with Gasteiger partial charge in [-0.15, -0.1) is 0 Å². The molecule has 0 bridgehead atoms. The molecule has 1 aromatic carbocycles. The maximum Gasteiger partial charge on any atom is 0.257 e. The van der Waals surface area contributed by atoms with E-state index in [1.807, 2.05) is 30.3 Å². The lowest BCUT2D eigenvalue weighted by Gasteiger charge is -2.13. The third-order valence-electron chi connectivity index (χ3n) is 2.22. The number of para-hydroxylation sites is 1. The van der Waals surface area contributed by atoms with Gasteiger partial charge in [-0.25, -0.2) is 0 Å². The summed E-state index contributed by atoms with van der Waals surface area (Å²) in [5.41, 5.74) is 1.93. The number of carbonyl (C=O) groups is 1. The Morgan fingerprint density at radius 3 is 2.69 bits per heavy atom. The molecule has 2 rings (SSSR count). The number of nitrogens with one attached hydrogen (secondary N) is 2. The van der Waals surface area contributed by atoms with Crippen molar-refractivity contribution in [2.24, 2.45) is 0 Å². The van der Waals surface area contributed by atoms with Crippen molar-refractivity contribution in [1.29, 1.82) is 0 Å². The molecule has 1 heterocycles. The molecule has 1 aliphatic rings. The molecule has 16 heavy (non-hydrogen) atoms. The average Bonchev–Trinajstić information content (AvgIpc) is 2.31. The van der Waals surface area contributed by atoms with E-state index in [0.29, 0.717) is 11.3 Å². The third kappa shape index (κ3) is 2.20. The van der Waals surface area contributed by atoms with E-state index in [2.05, 4.69) is 17.2 Å². The zero-order valence-corrected chi connectivity index (χ0v) is 8.73. The number of dihydropyridines is 1. The Kier molecular flexibility index (Phi) is 2.87. The topological polar surface area (TPSA) is 41.1 Å². The predicted octanol–water partition coefficient (Wildman–Crippen LogP) is 2.18. The van der Waals surface area contributed by atoms with Crippen LogP contribution >= 0.6 is 0 Å². The number of anilines is 1. The van der Waals surface area contributed by atoms with E-state index in [9.17, 15) is 4.79 Å². The Balaban J connectivity index is 2.12. The Labute approximate surface area is 94.2 Å². The van der Waals surface area contributed by atoms with Crippen molar-refractivity contribution in [3.63, 3.8) is 0 Å². The highest BCUT2D eigenvalue weighted by Gasteiger charge is 2.13. The first-order valence-corrected chi connectivity index (χ1v) is 4.96. The summed E-state index contributed by atoms with van der Waals surface area (Å²) < 4.78 is 0. The lowest BCUT2D eigenvalue weighted by atomic mass is 10.1. The van der Waals surface area contributed by atoms with Gasteiger partial charge in [0.05, 0.1) is 5.57 Å². The molecule has 1 amide bonds. The van der Waals surface area contributed by atoms with Crippen LogP contribution in [0.5, 0.6) is 0 Å². The van der Waals surface area contributed by atoms with Crippen LogP contribution in [0.3, 0.4) is 0 Å². The van der Waals surface area contributed by atoms with Gasteiger partial charge in [-0.3, -0.25) is 4.79 Å². The highest BCUT2D eigenvalue weighted by molar-refractivity contribution is 6.07. The minimum absolute atomic E-state index is 0.159. The molecular formula is C13H12N2O. The van der Waals surface area contributed by atoms with Crippen LogP contribution in [0.1, 0.15) is 0 Å². The standard InChI is InChI=1S/C13H12N2O/c1-10-12(8-5-9-14-10)13(16)15-11-6-3-2-4-7-11/h2-9,14H,1H2,(H,15,16). The van der Waals surface area contributed by atoms with Gasteiger partial charge in [-0.1, -0.05) is 24.8 Å². The fraction of sp³-hybridized carbons (Fsp3) is 0. The summed E-state index contributed by atoms with van der Waals surface area (Å²) in [5.74, 6) is -0.159. The monoisotopic (exact) mass is 212 g/mol. The molecule has 0 aliphatic carbocycles. The van der Waals surface area contributed by atoms with Crippen molar-refractivity contribution in [2.45, 2.75) is 0 Å². The van der Waals surface area contributed by atoms with Gasteiger partial charge >= 0.3 is 0 Å². The summed E-state index contributed by atoms with van der Waals surface area (Å²) in [6.45, 7) is 3.77. The van der Waals surface area contributed by atoms with Crippen molar-refractivity contribution in [3.05, 3.63) is 66.5 Å². The zero-order valence-electron chi connectivity index (χ0n) is 8.73. The molecule has 1 aromatic rings. The van der Waals surface area contributed by atoms with Crippen LogP contribution in [-0.4, -0.2) is 5.91 Å². The van der Waals surface area contributed by atoms with E-state index >= 15 is 0 Å². The lowest BCUT2D eigenvalue weighted by molar-refractivity contribution is -0.112. The van der Waals surface area contributed by atoms with E-state index in [1.54, 1.807) is 18.4 Å².